The predicted octanol–water partition coefficient (Wildman–Crippen LogP) is 3.12. The third kappa shape index (κ3) is 3.93. The average Bonchev–Trinajstić information content (AvgIpc) is 2.78. The first-order valence-corrected chi connectivity index (χ1v) is 6.99. The van der Waals surface area contributed by atoms with Gasteiger partial charge >= 0.3 is 0 Å². The van der Waals surface area contributed by atoms with E-state index in [1.807, 2.05) is 26.1 Å². The Bertz CT molecular complexity index is 524. The summed E-state index contributed by atoms with van der Waals surface area (Å²) in [6, 6.07) is 1.82. The highest BCUT2D eigenvalue weighted by Gasteiger charge is 2.07. The Kier molecular flexibility index (Phi) is 5.19. The van der Waals surface area contributed by atoms with E-state index in [1.165, 1.54) is 0 Å². The van der Waals surface area contributed by atoms with E-state index < -0.39 is 0 Å². The topological polar surface area (TPSA) is 49.9 Å². The van der Waals surface area contributed by atoms with E-state index in [9.17, 15) is 0 Å². The molecule has 0 aromatic carbocycles. The molecule has 0 saturated carbocycles. The number of hydrogen-bond donors (Lipinski definition) is 2. The molecule has 0 amide bonds. The lowest BCUT2D eigenvalue weighted by Gasteiger charge is -2.08. The second-order valence-corrected chi connectivity index (χ2v) is 5.19. The fourth-order valence-corrected chi connectivity index (χ4v) is 2.23. The molecule has 0 aliphatic rings. The second kappa shape index (κ2) is 6.89. The quantitative estimate of drug-likeness (QED) is 0.767. The van der Waals surface area contributed by atoms with Crippen LogP contribution in [-0.4, -0.2) is 29.2 Å². The largest absolute Gasteiger partial charge is 0.379 e. The van der Waals surface area contributed by atoms with Gasteiger partial charge in [0.1, 0.15) is 5.65 Å². The highest BCUT2D eigenvalue weighted by Crippen LogP contribution is 2.24. The molecule has 5 heteroatoms. The van der Waals surface area contributed by atoms with Crippen LogP contribution in [0.1, 0.15) is 25.8 Å². The van der Waals surface area contributed by atoms with Gasteiger partial charge in [0.05, 0.1) is 11.1 Å². The first-order valence-electron chi connectivity index (χ1n) is 6.61. The minimum absolute atomic E-state index is 0.304. The van der Waals surface area contributed by atoms with Gasteiger partial charge in [0.2, 0.25) is 0 Å². The van der Waals surface area contributed by atoms with Gasteiger partial charge in [-0.3, -0.25) is 0 Å². The van der Waals surface area contributed by atoms with Crippen molar-refractivity contribution in [2.45, 2.75) is 32.9 Å². The predicted molar refractivity (Wildman–Crippen MR) is 78.5 cm³/mol. The van der Waals surface area contributed by atoms with Crippen LogP contribution in [0.4, 0.5) is 0 Å². The van der Waals surface area contributed by atoms with Crippen molar-refractivity contribution in [3.8, 4) is 0 Å². The van der Waals surface area contributed by atoms with Crippen LogP contribution >= 0.6 is 11.6 Å². The summed E-state index contributed by atoms with van der Waals surface area (Å²) in [6.45, 7) is 6.61. The maximum absolute atomic E-state index is 6.19. The van der Waals surface area contributed by atoms with Gasteiger partial charge < -0.3 is 15.0 Å². The van der Waals surface area contributed by atoms with E-state index in [4.69, 9.17) is 16.3 Å². The van der Waals surface area contributed by atoms with E-state index in [2.05, 4.69) is 15.3 Å². The molecule has 0 aliphatic carbocycles. The van der Waals surface area contributed by atoms with E-state index in [1.54, 1.807) is 6.20 Å². The molecule has 0 fully saturated rings. The summed E-state index contributed by atoms with van der Waals surface area (Å²) in [5.41, 5.74) is 1.99. The number of hydrogen-bond acceptors (Lipinski definition) is 3. The Morgan fingerprint density at radius 3 is 3.11 bits per heavy atom. The molecule has 2 heterocycles. The van der Waals surface area contributed by atoms with Crippen molar-refractivity contribution in [1.82, 2.24) is 15.3 Å². The lowest BCUT2D eigenvalue weighted by Crippen LogP contribution is -2.17. The van der Waals surface area contributed by atoms with Gasteiger partial charge in [-0.15, -0.1) is 0 Å². The molecule has 0 aliphatic heterocycles. The normalized spacial score (nSPS) is 11.6. The zero-order chi connectivity index (χ0) is 13.7. The fraction of sp³-hybridized carbons (Fsp3) is 0.500. The Balaban J connectivity index is 1.82. The van der Waals surface area contributed by atoms with Crippen LogP contribution in [0.5, 0.6) is 0 Å². The molecule has 4 nitrogen and oxygen atoms in total. The Labute approximate surface area is 118 Å². The summed E-state index contributed by atoms with van der Waals surface area (Å²) >= 11 is 6.19. The standard InChI is InChI=1S/C14H20ClN3O/c1-10(2)19-7-3-5-16-8-11-9-18-14-13(11)12(15)4-6-17-14/h4,6,9-10,16H,3,5,7-8H2,1-2H3,(H,17,18). The van der Waals surface area contributed by atoms with Crippen LogP contribution in [0, 0.1) is 0 Å². The van der Waals surface area contributed by atoms with Crippen LogP contribution in [0.2, 0.25) is 5.02 Å². The number of pyridine rings is 1. The molecule has 0 atom stereocenters. The number of aromatic nitrogens is 2. The van der Waals surface area contributed by atoms with Gasteiger partial charge in [-0.05, 0) is 38.4 Å². The summed E-state index contributed by atoms with van der Waals surface area (Å²) in [7, 11) is 0. The van der Waals surface area contributed by atoms with Gasteiger partial charge in [-0.1, -0.05) is 11.6 Å². The molecule has 0 radical (unpaired) electrons. The smallest absolute Gasteiger partial charge is 0.139 e. The lowest BCUT2D eigenvalue weighted by atomic mass is 10.2. The number of nitrogens with one attached hydrogen (secondary N) is 2. The van der Waals surface area contributed by atoms with Crippen molar-refractivity contribution in [1.29, 1.82) is 0 Å². The van der Waals surface area contributed by atoms with Crippen molar-refractivity contribution >= 4 is 22.6 Å². The molecule has 2 aromatic rings. The molecular formula is C14H20ClN3O. The molecule has 0 saturated heterocycles. The summed E-state index contributed by atoms with van der Waals surface area (Å²) in [4.78, 5) is 7.39. The average molecular weight is 282 g/mol. The van der Waals surface area contributed by atoms with Crippen molar-refractivity contribution in [2.75, 3.05) is 13.2 Å². The zero-order valence-corrected chi connectivity index (χ0v) is 12.1. The molecule has 2 aromatic heterocycles. The number of ether oxygens (including phenoxy) is 1. The van der Waals surface area contributed by atoms with E-state index in [0.29, 0.717) is 6.10 Å². The number of halogens is 1. The fourth-order valence-electron chi connectivity index (χ4n) is 1.96. The van der Waals surface area contributed by atoms with Crippen LogP contribution in [-0.2, 0) is 11.3 Å². The molecule has 2 N–H and O–H groups in total. The van der Waals surface area contributed by atoms with Crippen LogP contribution in [0.3, 0.4) is 0 Å². The van der Waals surface area contributed by atoms with Crippen molar-refractivity contribution in [2.24, 2.45) is 0 Å². The summed E-state index contributed by atoms with van der Waals surface area (Å²) < 4.78 is 5.49. The third-order valence-corrected chi connectivity index (χ3v) is 3.18. The molecule has 2 rings (SSSR count). The SMILES string of the molecule is CC(C)OCCCNCc1c[nH]c2nccc(Cl)c12. The highest BCUT2D eigenvalue weighted by atomic mass is 35.5. The molecular weight excluding hydrogens is 262 g/mol. The summed E-state index contributed by atoms with van der Waals surface area (Å²) in [5, 5.41) is 5.15. The van der Waals surface area contributed by atoms with E-state index in [0.717, 1.165) is 47.7 Å². The van der Waals surface area contributed by atoms with Crippen molar-refractivity contribution in [3.05, 3.63) is 29.0 Å². The number of rotatable bonds is 7. The summed E-state index contributed by atoms with van der Waals surface area (Å²) in [6.07, 6.45) is 4.98. The lowest BCUT2D eigenvalue weighted by molar-refractivity contribution is 0.0770. The molecule has 0 spiro atoms. The molecule has 104 valence electrons. The van der Waals surface area contributed by atoms with Gasteiger partial charge in [0, 0.05) is 30.9 Å². The maximum Gasteiger partial charge on any atom is 0.139 e. The number of fused-ring (bicyclic) bond motifs is 1. The molecule has 19 heavy (non-hydrogen) atoms. The Morgan fingerprint density at radius 2 is 2.32 bits per heavy atom. The first kappa shape index (κ1) is 14.3. The van der Waals surface area contributed by atoms with Crippen molar-refractivity contribution < 1.29 is 4.74 Å². The first-order chi connectivity index (χ1) is 9.18. The van der Waals surface area contributed by atoms with E-state index in [-0.39, 0.29) is 0 Å². The zero-order valence-electron chi connectivity index (χ0n) is 11.4. The number of nitrogens with zero attached hydrogens (tertiary/aromatic N) is 1. The summed E-state index contributed by atoms with van der Waals surface area (Å²) in [5.74, 6) is 0. The molecule has 0 unspecified atom stereocenters. The second-order valence-electron chi connectivity index (χ2n) is 4.78. The monoisotopic (exact) mass is 281 g/mol. The van der Waals surface area contributed by atoms with Gasteiger partial charge in [0.25, 0.3) is 0 Å². The van der Waals surface area contributed by atoms with Crippen LogP contribution in [0.25, 0.3) is 11.0 Å². The minimum atomic E-state index is 0.304. The minimum Gasteiger partial charge on any atom is -0.379 e. The number of aromatic amines is 1. The Morgan fingerprint density at radius 1 is 1.47 bits per heavy atom. The third-order valence-electron chi connectivity index (χ3n) is 2.87. The van der Waals surface area contributed by atoms with Crippen LogP contribution < -0.4 is 5.32 Å². The molecule has 0 bridgehead atoms. The van der Waals surface area contributed by atoms with E-state index >= 15 is 0 Å². The highest BCUT2D eigenvalue weighted by molar-refractivity contribution is 6.35. The maximum atomic E-state index is 6.19. The van der Waals surface area contributed by atoms with Gasteiger partial charge in [-0.25, -0.2) is 4.98 Å². The van der Waals surface area contributed by atoms with Gasteiger partial charge in [-0.2, -0.15) is 0 Å². The van der Waals surface area contributed by atoms with Crippen molar-refractivity contribution in [3.63, 3.8) is 0 Å². The number of H-pyrrole nitrogens is 1. The van der Waals surface area contributed by atoms with Crippen LogP contribution in [0.15, 0.2) is 18.5 Å². The Hall–Kier alpha value is -1.10. The van der Waals surface area contributed by atoms with Gasteiger partial charge in [0.15, 0.2) is 0 Å².